The van der Waals surface area contributed by atoms with Gasteiger partial charge in [0.2, 0.25) is 0 Å². The summed E-state index contributed by atoms with van der Waals surface area (Å²) in [5, 5.41) is 1.28. The van der Waals surface area contributed by atoms with Crippen molar-refractivity contribution in [1.82, 2.24) is 4.90 Å². The predicted octanol–water partition coefficient (Wildman–Crippen LogP) is 3.87. The summed E-state index contributed by atoms with van der Waals surface area (Å²) in [5.74, 6) is 1.58. The molecule has 3 aliphatic rings. The van der Waals surface area contributed by atoms with E-state index >= 15 is 0 Å². The topological polar surface area (TPSA) is 16.4 Å². The van der Waals surface area contributed by atoms with E-state index in [1.165, 1.54) is 23.9 Å². The van der Waals surface area contributed by atoms with Gasteiger partial charge >= 0.3 is 0 Å². The lowest BCUT2D eigenvalue weighted by Gasteiger charge is -2.45. The van der Waals surface area contributed by atoms with Crippen LogP contribution in [0.4, 0.5) is 0 Å². The first-order valence-electron chi connectivity index (χ1n) is 7.69. The molecule has 0 amide bonds. The van der Waals surface area contributed by atoms with Crippen LogP contribution in [0.3, 0.4) is 0 Å². The Kier molecular flexibility index (Phi) is 2.92. The minimum atomic E-state index is 0.651. The van der Waals surface area contributed by atoms with Crippen molar-refractivity contribution in [3.63, 3.8) is 0 Å². The summed E-state index contributed by atoms with van der Waals surface area (Å²) in [6.45, 7) is 4.77. The number of furan rings is 1. The van der Waals surface area contributed by atoms with E-state index in [-0.39, 0.29) is 0 Å². The van der Waals surface area contributed by atoms with Crippen molar-refractivity contribution in [2.45, 2.75) is 25.8 Å². The Morgan fingerprint density at radius 1 is 1.25 bits per heavy atom. The Morgan fingerprint density at radius 3 is 3.00 bits per heavy atom. The van der Waals surface area contributed by atoms with Crippen LogP contribution in [0.2, 0.25) is 0 Å². The van der Waals surface area contributed by atoms with Gasteiger partial charge in [-0.3, -0.25) is 4.90 Å². The first-order chi connectivity index (χ1) is 9.81. The number of para-hydroxylation sites is 1. The van der Waals surface area contributed by atoms with Gasteiger partial charge in [0, 0.05) is 24.5 Å². The molecule has 2 nitrogen and oxygen atoms in total. The lowest BCUT2D eigenvalue weighted by Crippen LogP contribution is -2.50. The van der Waals surface area contributed by atoms with Crippen molar-refractivity contribution >= 4 is 11.0 Å². The highest BCUT2D eigenvalue weighted by molar-refractivity contribution is 5.80. The predicted molar refractivity (Wildman–Crippen MR) is 81.7 cm³/mol. The highest BCUT2D eigenvalue weighted by Crippen LogP contribution is 2.34. The Hall–Kier alpha value is -1.54. The molecule has 2 heteroatoms. The van der Waals surface area contributed by atoms with Crippen molar-refractivity contribution in [3.05, 3.63) is 48.2 Å². The lowest BCUT2D eigenvalue weighted by molar-refractivity contribution is 0.0932. The number of rotatable bonds is 3. The molecular formula is C18H21NO. The minimum absolute atomic E-state index is 0.651. The summed E-state index contributed by atoms with van der Waals surface area (Å²) in [6.07, 6.45) is 9.24. The minimum Gasteiger partial charge on any atom is -0.464 e. The maximum Gasteiger partial charge on any atom is 0.134 e. The van der Waals surface area contributed by atoms with E-state index in [1.54, 1.807) is 0 Å². The van der Waals surface area contributed by atoms with Crippen molar-refractivity contribution in [2.75, 3.05) is 13.1 Å². The summed E-state index contributed by atoms with van der Waals surface area (Å²) in [6, 6.07) is 8.99. The molecule has 0 radical (unpaired) electrons. The van der Waals surface area contributed by atoms with Gasteiger partial charge in [-0.15, -0.1) is 0 Å². The molecular weight excluding hydrogens is 246 g/mol. The van der Waals surface area contributed by atoms with Crippen LogP contribution in [-0.2, 0) is 6.42 Å². The van der Waals surface area contributed by atoms with Crippen LogP contribution in [0.1, 0.15) is 18.9 Å². The second-order valence-corrected chi connectivity index (χ2v) is 6.35. The first kappa shape index (κ1) is 12.2. The van der Waals surface area contributed by atoms with Gasteiger partial charge in [0.25, 0.3) is 0 Å². The van der Waals surface area contributed by atoms with Crippen LogP contribution in [0.15, 0.2) is 47.1 Å². The number of hydrogen-bond donors (Lipinski definition) is 0. The summed E-state index contributed by atoms with van der Waals surface area (Å²) >= 11 is 0. The van der Waals surface area contributed by atoms with Gasteiger partial charge in [0.1, 0.15) is 5.58 Å². The Balaban J connectivity index is 1.50. The molecule has 5 rings (SSSR count). The lowest BCUT2D eigenvalue weighted by atomic mass is 9.78. The Labute approximate surface area is 120 Å². The zero-order chi connectivity index (χ0) is 13.5. The maximum atomic E-state index is 5.64. The summed E-state index contributed by atoms with van der Waals surface area (Å²) < 4.78 is 5.64. The normalized spacial score (nSPS) is 29.4. The Morgan fingerprint density at radius 2 is 2.15 bits per heavy atom. The van der Waals surface area contributed by atoms with E-state index < -0.39 is 0 Å². The van der Waals surface area contributed by atoms with E-state index in [2.05, 4.69) is 36.1 Å². The molecule has 1 fully saturated rings. The zero-order valence-corrected chi connectivity index (χ0v) is 12.0. The van der Waals surface area contributed by atoms with Crippen LogP contribution >= 0.6 is 0 Å². The molecule has 3 unspecified atom stereocenters. The molecule has 2 aromatic rings. The monoisotopic (exact) mass is 267 g/mol. The standard InChI is InChI=1S/C18H21NO/c1-13-10-14-6-7-17(13)19(11-14)9-8-15-12-20-18-5-3-2-4-16(15)18/h2-7,12-14,17H,8-11H2,1H3. The fourth-order valence-electron chi connectivity index (χ4n) is 3.93. The second kappa shape index (κ2) is 4.78. The molecule has 2 aliphatic heterocycles. The Bertz CT molecular complexity index is 642. The fourth-order valence-corrected chi connectivity index (χ4v) is 3.93. The van der Waals surface area contributed by atoms with Gasteiger partial charge in [-0.05, 0) is 36.3 Å². The molecule has 1 aliphatic carbocycles. The third-order valence-electron chi connectivity index (χ3n) is 4.96. The highest BCUT2D eigenvalue weighted by Gasteiger charge is 2.34. The number of hydrogen-bond acceptors (Lipinski definition) is 2. The van der Waals surface area contributed by atoms with E-state index in [1.807, 2.05) is 18.4 Å². The van der Waals surface area contributed by atoms with Crippen molar-refractivity contribution < 1.29 is 4.42 Å². The molecule has 104 valence electrons. The van der Waals surface area contributed by atoms with Gasteiger partial charge in [0.15, 0.2) is 0 Å². The average molecular weight is 267 g/mol. The van der Waals surface area contributed by atoms with Gasteiger partial charge in [0.05, 0.1) is 6.26 Å². The molecule has 3 atom stereocenters. The number of fused-ring (bicyclic) bond motifs is 3. The summed E-state index contributed by atoms with van der Waals surface area (Å²) in [7, 11) is 0. The van der Waals surface area contributed by atoms with Crippen LogP contribution in [-0.4, -0.2) is 24.0 Å². The van der Waals surface area contributed by atoms with E-state index in [0.717, 1.165) is 30.4 Å². The maximum absolute atomic E-state index is 5.64. The van der Waals surface area contributed by atoms with Gasteiger partial charge < -0.3 is 4.42 Å². The zero-order valence-electron chi connectivity index (χ0n) is 12.0. The molecule has 0 saturated carbocycles. The van der Waals surface area contributed by atoms with E-state index in [0.29, 0.717) is 6.04 Å². The number of piperidine rings is 1. The number of nitrogens with zero attached hydrogens (tertiary/aromatic N) is 1. The van der Waals surface area contributed by atoms with Crippen LogP contribution in [0, 0.1) is 11.8 Å². The molecule has 1 aromatic heterocycles. The second-order valence-electron chi connectivity index (χ2n) is 6.35. The van der Waals surface area contributed by atoms with Crippen molar-refractivity contribution in [3.8, 4) is 0 Å². The van der Waals surface area contributed by atoms with Crippen LogP contribution in [0.25, 0.3) is 11.0 Å². The molecule has 0 N–H and O–H groups in total. The molecule has 2 bridgehead atoms. The number of benzene rings is 1. The molecule has 3 heterocycles. The largest absolute Gasteiger partial charge is 0.464 e. The van der Waals surface area contributed by atoms with E-state index in [9.17, 15) is 0 Å². The summed E-state index contributed by atoms with van der Waals surface area (Å²) in [4.78, 5) is 2.65. The highest BCUT2D eigenvalue weighted by atomic mass is 16.3. The molecule has 0 spiro atoms. The van der Waals surface area contributed by atoms with E-state index in [4.69, 9.17) is 4.42 Å². The van der Waals surface area contributed by atoms with Gasteiger partial charge in [-0.2, -0.15) is 0 Å². The molecule has 1 saturated heterocycles. The summed E-state index contributed by atoms with van der Waals surface area (Å²) in [5.41, 5.74) is 2.36. The van der Waals surface area contributed by atoms with Crippen LogP contribution in [0.5, 0.6) is 0 Å². The smallest absolute Gasteiger partial charge is 0.134 e. The third kappa shape index (κ3) is 1.99. The van der Waals surface area contributed by atoms with Crippen molar-refractivity contribution in [2.24, 2.45) is 11.8 Å². The van der Waals surface area contributed by atoms with Crippen molar-refractivity contribution in [1.29, 1.82) is 0 Å². The average Bonchev–Trinajstić information content (AvgIpc) is 2.89. The van der Waals surface area contributed by atoms with Gasteiger partial charge in [-0.1, -0.05) is 37.3 Å². The van der Waals surface area contributed by atoms with Gasteiger partial charge in [-0.25, -0.2) is 0 Å². The molecule has 20 heavy (non-hydrogen) atoms. The molecule has 1 aromatic carbocycles. The van der Waals surface area contributed by atoms with Crippen LogP contribution < -0.4 is 0 Å². The first-order valence-corrected chi connectivity index (χ1v) is 7.69. The quantitative estimate of drug-likeness (QED) is 0.785. The fraction of sp³-hybridized carbons (Fsp3) is 0.444. The SMILES string of the molecule is CC1CC2C=CC1N(CCc1coc3ccccc13)C2. The third-order valence-corrected chi connectivity index (χ3v) is 4.96.